The molecule has 4 aromatic carbocycles. The first-order valence-corrected chi connectivity index (χ1v) is 32.5. The minimum atomic E-state index is -0.778. The topological polar surface area (TPSA) is 384 Å². The third kappa shape index (κ3) is 15.7. The number of nitrogens with zero attached hydrogens (tertiary/aromatic N) is 12. The van der Waals surface area contributed by atoms with Crippen molar-refractivity contribution < 1.29 is 24.9 Å². The monoisotopic (exact) mass is 1330 g/mol. The van der Waals surface area contributed by atoms with E-state index in [0.717, 1.165) is 111 Å². The number of aliphatic hydroxyl groups is 1. The number of H-pyrrole nitrogens is 4. The Labute approximate surface area is 560 Å². The molecule has 0 atom stereocenters. The molecule has 9 N–H and O–H groups in total. The molecule has 5 aliphatic heterocycles. The first kappa shape index (κ1) is 69.7. The van der Waals surface area contributed by atoms with Crippen LogP contribution in [0.15, 0.2) is 87.5 Å². The second-order valence-electron chi connectivity index (χ2n) is 24.6. The van der Waals surface area contributed by atoms with Crippen molar-refractivity contribution in [3.05, 3.63) is 172 Å². The van der Waals surface area contributed by atoms with Crippen LogP contribution < -0.4 is 85.8 Å². The van der Waals surface area contributed by atoms with Crippen LogP contribution in [-0.2, 0) is 16.1 Å². The fraction of sp³-hybridized carbons (Fsp3) is 0.357. The second kappa shape index (κ2) is 30.3. The first-order valence-electron chi connectivity index (χ1n) is 32.5. The van der Waals surface area contributed by atoms with Crippen LogP contribution in [0.2, 0.25) is 0 Å². The first-order chi connectivity index (χ1) is 46.9. The number of aliphatic hydroxyl groups excluding tert-OH is 1. The SMILES string of the molecule is C=c1nc2c(c(=O)[nH]1)=Nc1cc(C)c(C)cc1N2CCCCCCC(=O)O.C=c1nc2c(c(=O)[nH]1)=Nc1cc(C)c(C)cc1N2CCNCCn1c2nc(=O)[nH]c(=O)c-2nc2cc(C)c(C)cc21.C=c1nc2c(c(=O)[nH]1)=Nc1cc(C)c(NCCO)cc1N2CCCCCCC(=O)O. The van der Waals surface area contributed by atoms with Gasteiger partial charge in [-0.1, -0.05) is 45.4 Å². The number of anilines is 7. The normalized spacial score (nSPS) is 12.3. The van der Waals surface area contributed by atoms with Gasteiger partial charge in [-0.05, 0) is 162 Å². The Balaban J connectivity index is 0.000000164. The third-order valence-corrected chi connectivity index (χ3v) is 17.3. The molecule has 0 aliphatic carbocycles. The highest BCUT2D eigenvalue weighted by Crippen LogP contribution is 2.40. The number of carbonyl (C=O) groups is 2. The van der Waals surface area contributed by atoms with Crippen molar-refractivity contribution in [2.24, 2.45) is 15.0 Å². The van der Waals surface area contributed by atoms with Crippen LogP contribution in [0.1, 0.15) is 103 Å². The van der Waals surface area contributed by atoms with Gasteiger partial charge < -0.3 is 60.2 Å². The summed E-state index contributed by atoms with van der Waals surface area (Å²) in [5.74, 6) is 0.180. The standard InChI is InChI=1S/C29H29N9O3.C21H27N5O4.C20H24N4O3/c1-14-10-19-21(12-16(14)3)37(25-23(33-19)27(39)32-18(5)31-25)8-6-30-7-9-38-22-13-17(4)15(2)11-20(22)34-24-26(38)35-29(41)36-28(24)40;1-13-11-16-17(12-15(13)22-8-10-27)26(9-6-4-3-5-7-18(28)29)20-19(25-16)21(30)24-14(2)23-20;1-12-10-15-16(11-13(12)2)24(9-7-5-4-6-8-17(25)26)19-18(23-15)20(27)22-14(3)21-19/h10-13,30H,5-9H2,1-4H3,(H,32,39)(H,36,40,41);11-12,22,27H,2-10H2,1H3,(H,24,30)(H,28,29);10-11H,3-9H2,1-2H3,(H,22,27)(H,25,26). The molecule has 0 spiro atoms. The van der Waals surface area contributed by atoms with Crippen LogP contribution in [0.25, 0.3) is 42.3 Å². The molecule has 0 saturated heterocycles. The number of unbranched alkanes of at least 4 members (excludes halogenated alkanes) is 6. The van der Waals surface area contributed by atoms with Gasteiger partial charge in [0.25, 0.3) is 22.2 Å². The molecule has 0 bridgehead atoms. The number of nitrogens with one attached hydrogen (secondary N) is 6. The number of hydrogen-bond donors (Lipinski definition) is 9. The van der Waals surface area contributed by atoms with Crippen LogP contribution in [0.4, 0.5) is 57.3 Å². The fourth-order valence-corrected chi connectivity index (χ4v) is 11.9. The number of aliphatic carboxylic acids is 2. The summed E-state index contributed by atoms with van der Waals surface area (Å²) < 4.78 is 1.86. The highest BCUT2D eigenvalue weighted by Gasteiger charge is 2.28. The van der Waals surface area contributed by atoms with Gasteiger partial charge >= 0.3 is 17.6 Å². The van der Waals surface area contributed by atoms with E-state index >= 15 is 0 Å². The number of benzene rings is 4. The number of carboxylic acid groups (broad SMARTS) is 2. The van der Waals surface area contributed by atoms with Gasteiger partial charge in [-0.15, -0.1) is 0 Å². The van der Waals surface area contributed by atoms with Gasteiger partial charge in [0.2, 0.25) is 0 Å². The Morgan fingerprint density at radius 1 is 0.459 bits per heavy atom. The van der Waals surface area contributed by atoms with Crippen molar-refractivity contribution in [3.8, 4) is 11.5 Å². The molecule has 5 aliphatic rings. The molecule has 0 amide bonds. The van der Waals surface area contributed by atoms with Gasteiger partial charge in [0.05, 0.1) is 51.8 Å². The Morgan fingerprint density at radius 2 is 0.878 bits per heavy atom. The summed E-state index contributed by atoms with van der Waals surface area (Å²) in [6, 6.07) is 15.9. The van der Waals surface area contributed by atoms with Gasteiger partial charge in [0.15, 0.2) is 45.0 Å². The van der Waals surface area contributed by atoms with Gasteiger partial charge in [-0.2, -0.15) is 4.98 Å². The lowest BCUT2D eigenvalue weighted by Crippen LogP contribution is -2.44. The van der Waals surface area contributed by atoms with Crippen LogP contribution in [-0.4, -0.2) is 123 Å². The van der Waals surface area contributed by atoms with E-state index in [1.807, 2.05) is 104 Å². The molecule has 3 aromatic heterocycles. The fourth-order valence-electron chi connectivity index (χ4n) is 11.9. The number of aromatic nitrogens is 10. The highest BCUT2D eigenvalue weighted by molar-refractivity contribution is 5.83. The van der Waals surface area contributed by atoms with Gasteiger partial charge in [0, 0.05) is 64.3 Å². The Hall–Kier alpha value is -11.1. The molecule has 0 unspecified atom stereocenters. The average molecular weight is 1330 g/mol. The van der Waals surface area contributed by atoms with E-state index in [1.54, 1.807) is 0 Å². The number of aromatic amines is 4. The molecule has 0 saturated carbocycles. The van der Waals surface area contributed by atoms with Crippen molar-refractivity contribution in [2.45, 2.75) is 119 Å². The summed E-state index contributed by atoms with van der Waals surface area (Å²) in [7, 11) is 0. The van der Waals surface area contributed by atoms with E-state index in [0.29, 0.717) is 104 Å². The molecule has 0 radical (unpaired) electrons. The van der Waals surface area contributed by atoms with E-state index in [2.05, 4.69) is 102 Å². The Morgan fingerprint density at radius 3 is 1.36 bits per heavy atom. The van der Waals surface area contributed by atoms with Crippen molar-refractivity contribution >= 4 is 100.0 Å². The van der Waals surface area contributed by atoms with Crippen molar-refractivity contribution in [1.29, 1.82) is 0 Å². The lowest BCUT2D eigenvalue weighted by atomic mass is 10.1. The van der Waals surface area contributed by atoms with E-state index in [-0.39, 0.29) is 69.3 Å². The Bertz CT molecular complexity index is 5260. The molecular formula is C70H80N18O10. The number of hydrogen-bond acceptors (Lipinski definition) is 21. The van der Waals surface area contributed by atoms with Crippen LogP contribution in [0.5, 0.6) is 0 Å². The maximum atomic E-state index is 12.7. The molecule has 510 valence electrons. The smallest absolute Gasteiger partial charge is 0.349 e. The summed E-state index contributed by atoms with van der Waals surface area (Å²) >= 11 is 0. The number of rotatable bonds is 23. The number of fused-ring (bicyclic) bond motifs is 8. The minimum Gasteiger partial charge on any atom is -0.481 e. The highest BCUT2D eigenvalue weighted by atomic mass is 16.4. The third-order valence-electron chi connectivity index (χ3n) is 17.3. The van der Waals surface area contributed by atoms with E-state index in [9.17, 15) is 33.6 Å². The summed E-state index contributed by atoms with van der Waals surface area (Å²) in [6.45, 7) is 29.2. The predicted molar refractivity (Wildman–Crippen MR) is 377 cm³/mol. The summed E-state index contributed by atoms with van der Waals surface area (Å²) in [6.07, 6.45) is 6.85. The molecule has 12 rings (SSSR count). The molecule has 7 aromatic rings. The molecule has 0 fully saturated rings. The zero-order valence-electron chi connectivity index (χ0n) is 56.0. The lowest BCUT2D eigenvalue weighted by molar-refractivity contribution is -0.138. The molecule has 28 heteroatoms. The molecule has 28 nitrogen and oxygen atoms in total. The van der Waals surface area contributed by atoms with Crippen LogP contribution >= 0.6 is 0 Å². The summed E-state index contributed by atoms with van der Waals surface area (Å²) in [5, 5.41) is 34.1. The van der Waals surface area contributed by atoms with Crippen molar-refractivity contribution in [2.75, 3.05) is 65.9 Å². The van der Waals surface area contributed by atoms with Gasteiger partial charge in [-0.25, -0.2) is 39.7 Å². The van der Waals surface area contributed by atoms with Crippen LogP contribution in [0, 0.1) is 48.5 Å². The van der Waals surface area contributed by atoms with Gasteiger partial charge in [0.1, 0.15) is 16.4 Å². The number of aryl methyl sites for hydroxylation is 7. The van der Waals surface area contributed by atoms with E-state index < -0.39 is 23.2 Å². The zero-order chi connectivity index (χ0) is 70.2. The quantitative estimate of drug-likeness (QED) is 0.0313. The zero-order valence-corrected chi connectivity index (χ0v) is 56.0. The summed E-state index contributed by atoms with van der Waals surface area (Å²) in [5.41, 5.74) is 13.4. The van der Waals surface area contributed by atoms with Crippen molar-refractivity contribution in [1.82, 2.24) is 54.7 Å². The second-order valence-corrected chi connectivity index (χ2v) is 24.6. The largest absolute Gasteiger partial charge is 0.481 e. The predicted octanol–water partition coefficient (Wildman–Crippen LogP) is 4.57. The lowest BCUT2D eigenvalue weighted by Gasteiger charge is -2.29. The number of carboxylic acids is 2. The average Bonchev–Trinajstić information content (AvgIpc) is 0.780. The van der Waals surface area contributed by atoms with E-state index in [1.165, 1.54) is 0 Å². The Kier molecular flexibility index (Phi) is 21.5. The molecule has 8 heterocycles. The minimum absolute atomic E-state index is 0.0194. The maximum Gasteiger partial charge on any atom is 0.349 e. The van der Waals surface area contributed by atoms with Crippen LogP contribution in [0.3, 0.4) is 0 Å². The van der Waals surface area contributed by atoms with Crippen molar-refractivity contribution in [3.63, 3.8) is 0 Å². The van der Waals surface area contributed by atoms with E-state index in [4.69, 9.17) is 15.3 Å². The molecule has 98 heavy (non-hydrogen) atoms. The summed E-state index contributed by atoms with van der Waals surface area (Å²) in [4.78, 5) is 135. The maximum absolute atomic E-state index is 12.7. The van der Waals surface area contributed by atoms with Gasteiger partial charge in [-0.3, -0.25) is 33.8 Å². The molecular weight excluding hydrogens is 1250 g/mol.